The molecular formula is C4H11BBr2. The zero-order valence-electron chi connectivity index (χ0n) is 4.89. The summed E-state index contributed by atoms with van der Waals surface area (Å²) in [7, 11) is 5.35. The summed E-state index contributed by atoms with van der Waals surface area (Å²) in [5.74, 6) is 0. The Labute approximate surface area is 68.0 Å². The lowest BCUT2D eigenvalue weighted by atomic mass is 9.75. The van der Waals surface area contributed by atoms with E-state index in [0.29, 0.717) is 0 Å². The molecule has 2 radical (unpaired) electrons. The van der Waals surface area contributed by atoms with Gasteiger partial charge in [-0.05, 0) is 0 Å². The Balaban J connectivity index is -0.0000000800. The van der Waals surface area contributed by atoms with Crippen LogP contribution in [0.4, 0.5) is 0 Å². The van der Waals surface area contributed by atoms with Crippen LogP contribution in [0, 0.1) is 0 Å². The molecule has 0 amide bonds. The van der Waals surface area contributed by atoms with Gasteiger partial charge < -0.3 is 0 Å². The van der Waals surface area contributed by atoms with Crippen molar-refractivity contribution in [1.82, 2.24) is 0 Å². The van der Waals surface area contributed by atoms with E-state index in [1.807, 2.05) is 20.8 Å². The van der Waals surface area contributed by atoms with Crippen LogP contribution < -0.4 is 0 Å². The molecule has 0 heterocycles. The topological polar surface area (TPSA) is 0 Å². The van der Waals surface area contributed by atoms with E-state index in [2.05, 4.69) is 0 Å². The summed E-state index contributed by atoms with van der Waals surface area (Å²) in [6, 6.07) is 0. The predicted octanol–water partition coefficient (Wildman–Crippen LogP) is 2.53. The van der Waals surface area contributed by atoms with E-state index in [4.69, 9.17) is 7.85 Å². The summed E-state index contributed by atoms with van der Waals surface area (Å²) < 4.78 is 0. The molecule has 0 spiro atoms. The molecule has 0 aromatic rings. The molecule has 0 atom stereocenters. The maximum Gasteiger partial charge on any atom is 0.0735 e. The molecule has 0 rings (SSSR count). The van der Waals surface area contributed by atoms with Gasteiger partial charge >= 0.3 is 0 Å². The lowest BCUT2D eigenvalue weighted by molar-refractivity contribution is 0.767. The monoisotopic (exact) mass is 228 g/mol. The van der Waals surface area contributed by atoms with Crippen LogP contribution in [0.25, 0.3) is 0 Å². The van der Waals surface area contributed by atoms with Crippen LogP contribution in [0.3, 0.4) is 0 Å². The minimum Gasteiger partial charge on any atom is -0.114 e. The molecular weight excluding hydrogens is 219 g/mol. The summed E-state index contributed by atoms with van der Waals surface area (Å²) >= 11 is 0. The molecule has 0 nitrogen and oxygen atoms in total. The zero-order valence-corrected chi connectivity index (χ0v) is 8.32. The van der Waals surface area contributed by atoms with Crippen molar-refractivity contribution in [3.8, 4) is 0 Å². The minimum absolute atomic E-state index is 0. The fraction of sp³-hybridized carbons (Fsp3) is 1.00. The Morgan fingerprint density at radius 3 is 1.00 bits per heavy atom. The van der Waals surface area contributed by atoms with Gasteiger partial charge in [0.15, 0.2) is 0 Å². The fourth-order valence-electron chi connectivity index (χ4n) is 0. The molecule has 0 fully saturated rings. The second-order valence-electron chi connectivity index (χ2n) is 2.37. The number of hydrogen-bond donors (Lipinski definition) is 0. The van der Waals surface area contributed by atoms with E-state index >= 15 is 0 Å². The third-order valence-corrected chi connectivity index (χ3v) is 0. The second-order valence-corrected chi connectivity index (χ2v) is 2.37. The van der Waals surface area contributed by atoms with Gasteiger partial charge in [0.2, 0.25) is 0 Å². The molecule has 7 heavy (non-hydrogen) atoms. The van der Waals surface area contributed by atoms with Crippen LogP contribution in [-0.4, -0.2) is 7.85 Å². The van der Waals surface area contributed by atoms with Crippen molar-refractivity contribution in [2.24, 2.45) is 0 Å². The minimum atomic E-state index is 0. The van der Waals surface area contributed by atoms with Crippen molar-refractivity contribution in [1.29, 1.82) is 0 Å². The number of halogens is 2. The van der Waals surface area contributed by atoms with Gasteiger partial charge in [-0.15, -0.1) is 34.0 Å². The average molecular weight is 230 g/mol. The van der Waals surface area contributed by atoms with Crippen molar-refractivity contribution in [3.05, 3.63) is 0 Å². The molecule has 0 aliphatic rings. The van der Waals surface area contributed by atoms with Crippen LogP contribution in [0.15, 0.2) is 0 Å². The van der Waals surface area contributed by atoms with E-state index in [0.717, 1.165) is 0 Å². The Kier molecular flexibility index (Phi) is 11.6. The lowest BCUT2D eigenvalue weighted by Gasteiger charge is -2.05. The van der Waals surface area contributed by atoms with E-state index < -0.39 is 0 Å². The van der Waals surface area contributed by atoms with Crippen LogP contribution in [0.2, 0.25) is 5.31 Å². The predicted molar refractivity (Wildman–Crippen MR) is 46.1 cm³/mol. The number of hydrogen-bond acceptors (Lipinski definition) is 0. The highest BCUT2D eigenvalue weighted by molar-refractivity contribution is 8.93. The normalized spacial score (nSPS) is 8.43. The van der Waals surface area contributed by atoms with Gasteiger partial charge in [-0.2, -0.15) is 0 Å². The van der Waals surface area contributed by atoms with Gasteiger partial charge in [0.1, 0.15) is 0 Å². The molecule has 0 aromatic heterocycles. The van der Waals surface area contributed by atoms with Crippen molar-refractivity contribution in [3.63, 3.8) is 0 Å². The Morgan fingerprint density at radius 2 is 1.00 bits per heavy atom. The molecule has 0 unspecified atom stereocenters. The SMILES string of the molecule is Br.Br.[B]C(C)(C)C. The van der Waals surface area contributed by atoms with E-state index in [9.17, 15) is 0 Å². The summed E-state index contributed by atoms with van der Waals surface area (Å²) in [6.45, 7) is 5.90. The summed E-state index contributed by atoms with van der Waals surface area (Å²) in [4.78, 5) is 0. The first kappa shape index (κ1) is 15.7. The highest BCUT2D eigenvalue weighted by Gasteiger charge is 1.95. The van der Waals surface area contributed by atoms with Crippen molar-refractivity contribution in [2.75, 3.05) is 0 Å². The van der Waals surface area contributed by atoms with E-state index in [1.165, 1.54) is 0 Å². The number of rotatable bonds is 0. The second kappa shape index (κ2) is 5.17. The quantitative estimate of drug-likeness (QED) is 0.560. The van der Waals surface area contributed by atoms with Gasteiger partial charge in [-0.1, -0.05) is 26.1 Å². The third-order valence-electron chi connectivity index (χ3n) is 0. The average Bonchev–Trinajstić information content (AvgIpc) is 0.722. The van der Waals surface area contributed by atoms with Crippen LogP contribution in [0.1, 0.15) is 20.8 Å². The summed E-state index contributed by atoms with van der Waals surface area (Å²) in [6.07, 6.45) is 0. The lowest BCUT2D eigenvalue weighted by Crippen LogP contribution is -1.90. The molecule has 44 valence electrons. The Hall–Kier alpha value is 1.02. The van der Waals surface area contributed by atoms with Crippen molar-refractivity contribution < 1.29 is 0 Å². The zero-order chi connectivity index (χ0) is 4.50. The molecule has 0 N–H and O–H groups in total. The molecule has 0 bridgehead atoms. The van der Waals surface area contributed by atoms with Gasteiger partial charge in [-0.25, -0.2) is 0 Å². The molecule has 0 saturated heterocycles. The van der Waals surface area contributed by atoms with E-state index in [-0.39, 0.29) is 39.3 Å². The fourth-order valence-corrected chi connectivity index (χ4v) is 0. The molecule has 0 aliphatic heterocycles. The maximum absolute atomic E-state index is 5.35. The maximum atomic E-state index is 5.35. The summed E-state index contributed by atoms with van der Waals surface area (Å²) in [5.41, 5.74) is 0. The van der Waals surface area contributed by atoms with Crippen LogP contribution >= 0.6 is 34.0 Å². The van der Waals surface area contributed by atoms with Crippen LogP contribution in [-0.2, 0) is 0 Å². The van der Waals surface area contributed by atoms with Crippen molar-refractivity contribution in [2.45, 2.75) is 26.1 Å². The third kappa shape index (κ3) is 169. The largest absolute Gasteiger partial charge is 0.114 e. The van der Waals surface area contributed by atoms with Gasteiger partial charge in [0.25, 0.3) is 0 Å². The highest BCUT2D eigenvalue weighted by atomic mass is 79.9. The Morgan fingerprint density at radius 1 is 1.00 bits per heavy atom. The molecule has 3 heteroatoms. The highest BCUT2D eigenvalue weighted by Crippen LogP contribution is 2.13. The smallest absolute Gasteiger partial charge is 0.0735 e. The first-order valence-corrected chi connectivity index (χ1v) is 1.79. The van der Waals surface area contributed by atoms with Gasteiger partial charge in [0.05, 0.1) is 7.85 Å². The van der Waals surface area contributed by atoms with Crippen LogP contribution in [0.5, 0.6) is 0 Å². The van der Waals surface area contributed by atoms with E-state index in [1.54, 1.807) is 0 Å². The first-order valence-electron chi connectivity index (χ1n) is 1.79. The van der Waals surface area contributed by atoms with Gasteiger partial charge in [0, 0.05) is 0 Å². The standard InChI is InChI=1S/C4H9B.2BrH/c1-4(2,3)5;;/h1-3H3;2*1H. The van der Waals surface area contributed by atoms with Crippen molar-refractivity contribution >= 4 is 41.8 Å². The summed E-state index contributed by atoms with van der Waals surface area (Å²) in [5, 5.41) is 0. The Bertz CT molecular complexity index is 25.2. The molecule has 0 aliphatic carbocycles. The first-order chi connectivity index (χ1) is 2.00. The molecule has 0 saturated carbocycles. The van der Waals surface area contributed by atoms with Gasteiger partial charge in [-0.3, -0.25) is 0 Å². The molecule has 0 aromatic carbocycles.